The van der Waals surface area contributed by atoms with Crippen molar-refractivity contribution in [3.05, 3.63) is 46.3 Å². The highest BCUT2D eigenvalue weighted by Crippen LogP contribution is 2.32. The van der Waals surface area contributed by atoms with Crippen LogP contribution in [0.1, 0.15) is 16.1 Å². The van der Waals surface area contributed by atoms with Crippen molar-refractivity contribution in [2.45, 2.75) is 10.6 Å². The van der Waals surface area contributed by atoms with E-state index in [9.17, 15) is 4.79 Å². The molecule has 0 saturated carbocycles. The van der Waals surface area contributed by atoms with Crippen LogP contribution in [0.15, 0.2) is 44.3 Å². The Hall–Kier alpha value is -1.44. The van der Waals surface area contributed by atoms with E-state index in [0.29, 0.717) is 11.4 Å². The summed E-state index contributed by atoms with van der Waals surface area (Å²) in [6.45, 7) is 0. The number of anilines is 1. The summed E-state index contributed by atoms with van der Waals surface area (Å²) in [6, 6.07) is 7.34. The predicted octanol–water partition coefficient (Wildman–Crippen LogP) is 2.52. The van der Waals surface area contributed by atoms with E-state index in [2.05, 4.69) is 21.4 Å². The second-order valence-corrected chi connectivity index (χ2v) is 5.60. The van der Waals surface area contributed by atoms with Gasteiger partial charge in [-0.25, -0.2) is 5.84 Å². The van der Waals surface area contributed by atoms with Gasteiger partial charge in [-0.05, 0) is 40.2 Å². The lowest BCUT2D eigenvalue weighted by atomic mass is 10.3. The highest BCUT2D eigenvalue weighted by Gasteiger charge is 2.14. The number of nitrogens with two attached hydrogens (primary N) is 2. The van der Waals surface area contributed by atoms with Gasteiger partial charge in [-0.2, -0.15) is 0 Å². The fourth-order valence-corrected chi connectivity index (χ4v) is 3.14. The zero-order valence-electron chi connectivity index (χ0n) is 9.85. The molecule has 0 radical (unpaired) electrons. The van der Waals surface area contributed by atoms with Crippen LogP contribution >= 0.6 is 27.7 Å². The van der Waals surface area contributed by atoms with E-state index in [4.69, 9.17) is 16.0 Å². The highest BCUT2D eigenvalue weighted by molar-refractivity contribution is 9.10. The Kier molecular flexibility index (Phi) is 4.52. The molecular formula is C12H12BrN3O2S. The standard InChI is InChI=1S/C12H12BrN3O2S/c13-9-5-8(14)1-2-10(9)19-6-7-3-4-18-11(7)12(17)16-15/h1-5H,6,14-15H2,(H,16,17). The summed E-state index contributed by atoms with van der Waals surface area (Å²) < 4.78 is 6.04. The molecule has 1 heterocycles. The van der Waals surface area contributed by atoms with Crippen LogP contribution in [0.5, 0.6) is 0 Å². The molecule has 0 bridgehead atoms. The number of benzene rings is 1. The topological polar surface area (TPSA) is 94.3 Å². The van der Waals surface area contributed by atoms with Crippen LogP contribution in [0, 0.1) is 0 Å². The van der Waals surface area contributed by atoms with Crippen LogP contribution in [-0.2, 0) is 5.75 Å². The Morgan fingerprint density at radius 3 is 2.89 bits per heavy atom. The fraction of sp³-hybridized carbons (Fsp3) is 0.0833. The van der Waals surface area contributed by atoms with Gasteiger partial charge in [-0.3, -0.25) is 10.2 Å². The lowest BCUT2D eigenvalue weighted by Crippen LogP contribution is -2.30. The molecule has 100 valence electrons. The van der Waals surface area contributed by atoms with Crippen LogP contribution in [0.2, 0.25) is 0 Å². The maximum atomic E-state index is 11.5. The van der Waals surface area contributed by atoms with Crippen LogP contribution in [0.4, 0.5) is 5.69 Å². The molecule has 5 N–H and O–H groups in total. The van der Waals surface area contributed by atoms with E-state index < -0.39 is 5.91 Å². The number of nitrogen functional groups attached to an aromatic ring is 2. The molecule has 0 spiro atoms. The monoisotopic (exact) mass is 341 g/mol. The number of thioether (sulfide) groups is 1. The summed E-state index contributed by atoms with van der Waals surface area (Å²) >= 11 is 5.02. The van der Waals surface area contributed by atoms with Crippen LogP contribution < -0.4 is 17.0 Å². The molecule has 0 aliphatic rings. The molecule has 19 heavy (non-hydrogen) atoms. The van der Waals surface area contributed by atoms with Gasteiger partial charge < -0.3 is 10.2 Å². The number of carbonyl (C=O) groups is 1. The summed E-state index contributed by atoms with van der Waals surface area (Å²) in [7, 11) is 0. The SMILES string of the molecule is NNC(=O)c1occc1CSc1ccc(N)cc1Br. The molecule has 0 unspecified atom stereocenters. The third-order valence-corrected chi connectivity index (χ3v) is 4.46. The number of carbonyl (C=O) groups excluding carboxylic acids is 1. The number of amides is 1. The molecule has 1 aromatic carbocycles. The molecule has 1 amide bonds. The first-order chi connectivity index (χ1) is 9.11. The summed E-state index contributed by atoms with van der Waals surface area (Å²) in [6.07, 6.45) is 1.47. The second kappa shape index (κ2) is 6.14. The first-order valence-electron chi connectivity index (χ1n) is 5.37. The number of hydrogen-bond acceptors (Lipinski definition) is 5. The van der Waals surface area contributed by atoms with Crippen molar-refractivity contribution in [1.29, 1.82) is 0 Å². The molecule has 2 aromatic rings. The summed E-state index contributed by atoms with van der Waals surface area (Å²) in [5.74, 6) is 5.50. The predicted molar refractivity (Wildman–Crippen MR) is 78.5 cm³/mol. The van der Waals surface area contributed by atoms with Gasteiger partial charge in [0.05, 0.1) is 6.26 Å². The van der Waals surface area contributed by atoms with E-state index in [1.807, 2.05) is 18.2 Å². The van der Waals surface area contributed by atoms with E-state index in [1.54, 1.807) is 17.8 Å². The number of halogens is 1. The number of nitrogens with one attached hydrogen (secondary N) is 1. The summed E-state index contributed by atoms with van der Waals surface area (Å²) in [5, 5.41) is 0. The molecule has 0 saturated heterocycles. The zero-order valence-corrected chi connectivity index (χ0v) is 12.3. The zero-order chi connectivity index (χ0) is 13.8. The third kappa shape index (κ3) is 3.31. The maximum Gasteiger partial charge on any atom is 0.301 e. The van der Waals surface area contributed by atoms with Gasteiger partial charge in [-0.1, -0.05) is 0 Å². The normalized spacial score (nSPS) is 10.4. The Labute approximate surface area is 122 Å². The van der Waals surface area contributed by atoms with E-state index in [1.165, 1.54) is 6.26 Å². The molecule has 1 aromatic heterocycles. The van der Waals surface area contributed by atoms with Crippen molar-refractivity contribution in [1.82, 2.24) is 5.43 Å². The Morgan fingerprint density at radius 1 is 1.42 bits per heavy atom. The van der Waals surface area contributed by atoms with Gasteiger partial charge in [0.2, 0.25) is 0 Å². The number of rotatable bonds is 4. The van der Waals surface area contributed by atoms with Crippen molar-refractivity contribution in [3.63, 3.8) is 0 Å². The average Bonchev–Trinajstić information content (AvgIpc) is 2.85. The average molecular weight is 342 g/mol. The van der Waals surface area contributed by atoms with Gasteiger partial charge in [0.1, 0.15) is 0 Å². The number of furan rings is 1. The van der Waals surface area contributed by atoms with Gasteiger partial charge in [-0.15, -0.1) is 11.8 Å². The van der Waals surface area contributed by atoms with E-state index in [0.717, 1.165) is 14.9 Å². The van der Waals surface area contributed by atoms with E-state index in [-0.39, 0.29) is 5.76 Å². The van der Waals surface area contributed by atoms with Crippen molar-refractivity contribution < 1.29 is 9.21 Å². The minimum absolute atomic E-state index is 0.238. The Balaban J connectivity index is 2.10. The quantitative estimate of drug-likeness (QED) is 0.261. The van der Waals surface area contributed by atoms with Gasteiger partial charge in [0.15, 0.2) is 5.76 Å². The van der Waals surface area contributed by atoms with Crippen molar-refractivity contribution >= 4 is 39.3 Å². The fourth-order valence-electron chi connectivity index (χ4n) is 1.50. The van der Waals surface area contributed by atoms with Gasteiger partial charge >= 0.3 is 5.91 Å². The lowest BCUT2D eigenvalue weighted by Gasteiger charge is -2.05. The number of hydrogen-bond donors (Lipinski definition) is 3. The molecule has 2 rings (SSSR count). The van der Waals surface area contributed by atoms with Crippen LogP contribution in [0.25, 0.3) is 0 Å². The smallest absolute Gasteiger partial charge is 0.301 e. The van der Waals surface area contributed by atoms with Gasteiger partial charge in [0.25, 0.3) is 0 Å². The van der Waals surface area contributed by atoms with Crippen molar-refractivity contribution in [2.75, 3.05) is 5.73 Å². The summed E-state index contributed by atoms with van der Waals surface area (Å²) in [4.78, 5) is 12.5. The molecule has 0 aliphatic carbocycles. The largest absolute Gasteiger partial charge is 0.459 e. The molecule has 0 fully saturated rings. The van der Waals surface area contributed by atoms with Crippen LogP contribution in [-0.4, -0.2) is 5.91 Å². The maximum absolute atomic E-state index is 11.5. The Bertz CT molecular complexity index is 600. The first-order valence-corrected chi connectivity index (χ1v) is 7.15. The number of hydrazine groups is 1. The molecule has 0 aliphatic heterocycles. The summed E-state index contributed by atoms with van der Waals surface area (Å²) in [5.41, 5.74) is 9.22. The lowest BCUT2D eigenvalue weighted by molar-refractivity contribution is 0.0925. The Morgan fingerprint density at radius 2 is 2.21 bits per heavy atom. The molecule has 7 heteroatoms. The second-order valence-electron chi connectivity index (χ2n) is 3.73. The third-order valence-electron chi connectivity index (χ3n) is 2.42. The highest BCUT2D eigenvalue weighted by atomic mass is 79.9. The van der Waals surface area contributed by atoms with E-state index >= 15 is 0 Å². The minimum atomic E-state index is -0.433. The molecular weight excluding hydrogens is 330 g/mol. The molecule has 0 atom stereocenters. The molecule has 5 nitrogen and oxygen atoms in total. The van der Waals surface area contributed by atoms with Gasteiger partial charge in [0, 0.05) is 26.4 Å². The first kappa shape index (κ1) is 14.0. The van der Waals surface area contributed by atoms with Crippen molar-refractivity contribution in [3.8, 4) is 0 Å². The minimum Gasteiger partial charge on any atom is -0.459 e. The van der Waals surface area contributed by atoms with Crippen LogP contribution in [0.3, 0.4) is 0 Å². The van der Waals surface area contributed by atoms with Crippen molar-refractivity contribution in [2.24, 2.45) is 5.84 Å².